The minimum atomic E-state index is -4.42. The maximum atomic E-state index is 11.9. The molecule has 0 aliphatic carbocycles. The molecule has 13 heavy (non-hydrogen) atoms. The van der Waals surface area contributed by atoms with E-state index in [4.69, 9.17) is 5.11 Å². The summed E-state index contributed by atoms with van der Waals surface area (Å²) in [7, 11) is 0. The van der Waals surface area contributed by atoms with Gasteiger partial charge in [0.05, 0.1) is 12.3 Å². The number of halogens is 3. The predicted octanol–water partition coefficient (Wildman–Crippen LogP) is 2.69. The van der Waals surface area contributed by atoms with Gasteiger partial charge in [0.25, 0.3) is 0 Å². The number of carboxylic acids is 1. The van der Waals surface area contributed by atoms with E-state index >= 15 is 0 Å². The van der Waals surface area contributed by atoms with Gasteiger partial charge < -0.3 is 5.11 Å². The normalized spacial score (nSPS) is 15.5. The molecule has 0 aromatic heterocycles. The second-order valence-electron chi connectivity index (χ2n) is 4.08. The Labute approximate surface area is 74.7 Å². The SMILES string of the molecule is CC(C)(C)C(CC(F)(F)F)C(=O)O. The van der Waals surface area contributed by atoms with Crippen molar-refractivity contribution in [2.45, 2.75) is 33.4 Å². The zero-order valence-electron chi connectivity index (χ0n) is 7.77. The number of alkyl halides is 3. The summed E-state index contributed by atoms with van der Waals surface area (Å²) >= 11 is 0. The number of rotatable bonds is 2. The quantitative estimate of drug-likeness (QED) is 0.740. The summed E-state index contributed by atoms with van der Waals surface area (Å²) in [5, 5.41) is 8.57. The van der Waals surface area contributed by atoms with Crippen LogP contribution in [-0.4, -0.2) is 17.3 Å². The average molecular weight is 198 g/mol. The van der Waals surface area contributed by atoms with Crippen molar-refractivity contribution in [2.24, 2.45) is 11.3 Å². The maximum Gasteiger partial charge on any atom is 0.389 e. The van der Waals surface area contributed by atoms with Crippen LogP contribution in [0.25, 0.3) is 0 Å². The van der Waals surface area contributed by atoms with Gasteiger partial charge in [-0.1, -0.05) is 20.8 Å². The molecule has 0 heterocycles. The maximum absolute atomic E-state index is 11.9. The molecule has 0 saturated heterocycles. The minimum Gasteiger partial charge on any atom is -0.481 e. The van der Waals surface area contributed by atoms with E-state index in [1.807, 2.05) is 0 Å². The Balaban J connectivity index is 4.56. The van der Waals surface area contributed by atoms with Crippen LogP contribution in [0.1, 0.15) is 27.2 Å². The number of aliphatic carboxylic acids is 1. The Hall–Kier alpha value is -0.740. The third kappa shape index (κ3) is 4.75. The van der Waals surface area contributed by atoms with Crippen molar-refractivity contribution in [1.29, 1.82) is 0 Å². The third-order valence-electron chi connectivity index (χ3n) is 1.78. The molecule has 0 aliphatic heterocycles. The molecular formula is C8H13F3O2. The van der Waals surface area contributed by atoms with Crippen LogP contribution in [-0.2, 0) is 4.79 Å². The second kappa shape index (κ2) is 3.55. The summed E-state index contributed by atoms with van der Waals surface area (Å²) in [6.45, 7) is 4.45. The Kier molecular flexibility index (Phi) is 3.35. The van der Waals surface area contributed by atoms with E-state index in [0.29, 0.717) is 0 Å². The second-order valence-corrected chi connectivity index (χ2v) is 4.08. The first-order chi connectivity index (χ1) is 5.54. The standard InChI is InChI=1S/C8H13F3O2/c1-7(2,3)5(6(12)13)4-8(9,10)11/h5H,4H2,1-3H3,(H,12,13). The molecular weight excluding hydrogens is 185 g/mol. The molecule has 1 atom stereocenters. The molecule has 5 heteroatoms. The molecule has 0 aromatic carbocycles. The molecule has 0 aliphatic rings. The van der Waals surface area contributed by atoms with Crippen molar-refractivity contribution >= 4 is 5.97 Å². The lowest BCUT2D eigenvalue weighted by molar-refractivity contribution is -0.171. The average Bonchev–Trinajstić information content (AvgIpc) is 1.77. The van der Waals surface area contributed by atoms with E-state index < -0.39 is 29.9 Å². The zero-order chi connectivity index (χ0) is 10.9. The van der Waals surface area contributed by atoms with Crippen molar-refractivity contribution in [2.75, 3.05) is 0 Å². The lowest BCUT2D eigenvalue weighted by atomic mass is 9.79. The van der Waals surface area contributed by atoms with Crippen LogP contribution in [0, 0.1) is 11.3 Å². The fourth-order valence-corrected chi connectivity index (χ4v) is 0.995. The Bertz CT molecular complexity index is 191. The Morgan fingerprint density at radius 3 is 1.77 bits per heavy atom. The van der Waals surface area contributed by atoms with E-state index in [1.165, 1.54) is 20.8 Å². The van der Waals surface area contributed by atoms with Crippen LogP contribution in [0.15, 0.2) is 0 Å². The number of hydrogen-bond donors (Lipinski definition) is 1. The van der Waals surface area contributed by atoms with Crippen LogP contribution in [0.2, 0.25) is 0 Å². The molecule has 0 aromatic rings. The lowest BCUT2D eigenvalue weighted by Gasteiger charge is -2.27. The van der Waals surface area contributed by atoms with E-state index in [0.717, 1.165) is 0 Å². The summed E-state index contributed by atoms with van der Waals surface area (Å²) < 4.78 is 35.8. The molecule has 2 nitrogen and oxygen atoms in total. The first-order valence-corrected chi connectivity index (χ1v) is 3.83. The molecule has 0 amide bonds. The van der Waals surface area contributed by atoms with Gasteiger partial charge in [0.15, 0.2) is 0 Å². The van der Waals surface area contributed by atoms with E-state index in [1.54, 1.807) is 0 Å². The first kappa shape index (κ1) is 12.3. The van der Waals surface area contributed by atoms with Gasteiger partial charge in [-0.05, 0) is 5.41 Å². The Morgan fingerprint density at radius 2 is 1.69 bits per heavy atom. The lowest BCUT2D eigenvalue weighted by Crippen LogP contribution is -2.32. The van der Waals surface area contributed by atoms with Gasteiger partial charge in [-0.2, -0.15) is 13.2 Å². The van der Waals surface area contributed by atoms with Crippen LogP contribution in [0.5, 0.6) is 0 Å². The molecule has 0 saturated carbocycles. The summed E-state index contributed by atoms with van der Waals surface area (Å²) in [5.74, 6) is -2.78. The van der Waals surface area contributed by atoms with Gasteiger partial charge in [0, 0.05) is 0 Å². The molecule has 0 radical (unpaired) electrons. The summed E-state index contributed by atoms with van der Waals surface area (Å²) in [4.78, 5) is 10.5. The minimum absolute atomic E-state index is 0.874. The summed E-state index contributed by atoms with van der Waals surface area (Å²) in [5.41, 5.74) is -0.874. The Morgan fingerprint density at radius 1 is 1.31 bits per heavy atom. The molecule has 0 spiro atoms. The van der Waals surface area contributed by atoms with E-state index in [2.05, 4.69) is 0 Å². The van der Waals surface area contributed by atoms with Gasteiger partial charge in [-0.25, -0.2) is 0 Å². The highest BCUT2D eigenvalue weighted by Crippen LogP contribution is 2.35. The highest BCUT2D eigenvalue weighted by atomic mass is 19.4. The predicted molar refractivity (Wildman–Crippen MR) is 41.3 cm³/mol. The van der Waals surface area contributed by atoms with Crippen molar-refractivity contribution in [3.05, 3.63) is 0 Å². The summed E-state index contributed by atoms with van der Waals surface area (Å²) in [6.07, 6.45) is -5.69. The molecule has 0 fully saturated rings. The zero-order valence-corrected chi connectivity index (χ0v) is 7.77. The van der Waals surface area contributed by atoms with Gasteiger partial charge in [-0.3, -0.25) is 4.79 Å². The van der Waals surface area contributed by atoms with Crippen molar-refractivity contribution in [1.82, 2.24) is 0 Å². The fraction of sp³-hybridized carbons (Fsp3) is 0.875. The smallest absolute Gasteiger partial charge is 0.389 e. The number of hydrogen-bond acceptors (Lipinski definition) is 1. The highest BCUT2D eigenvalue weighted by Gasteiger charge is 2.41. The fourth-order valence-electron chi connectivity index (χ4n) is 0.995. The molecule has 1 unspecified atom stereocenters. The van der Waals surface area contributed by atoms with Crippen molar-refractivity contribution in [3.63, 3.8) is 0 Å². The molecule has 1 N–H and O–H groups in total. The van der Waals surface area contributed by atoms with E-state index in [-0.39, 0.29) is 0 Å². The van der Waals surface area contributed by atoms with Gasteiger partial charge in [0.1, 0.15) is 0 Å². The van der Waals surface area contributed by atoms with Crippen molar-refractivity contribution in [3.8, 4) is 0 Å². The highest BCUT2D eigenvalue weighted by molar-refractivity contribution is 5.70. The van der Waals surface area contributed by atoms with E-state index in [9.17, 15) is 18.0 Å². The molecule has 0 rings (SSSR count). The van der Waals surface area contributed by atoms with Gasteiger partial charge in [-0.15, -0.1) is 0 Å². The molecule has 0 bridgehead atoms. The van der Waals surface area contributed by atoms with Crippen LogP contribution >= 0.6 is 0 Å². The summed E-state index contributed by atoms with van der Waals surface area (Å²) in [6, 6.07) is 0. The molecule has 78 valence electrons. The van der Waals surface area contributed by atoms with Gasteiger partial charge >= 0.3 is 12.1 Å². The first-order valence-electron chi connectivity index (χ1n) is 3.83. The van der Waals surface area contributed by atoms with Crippen LogP contribution < -0.4 is 0 Å². The topological polar surface area (TPSA) is 37.3 Å². The van der Waals surface area contributed by atoms with Gasteiger partial charge in [0.2, 0.25) is 0 Å². The number of carbonyl (C=O) groups is 1. The van der Waals surface area contributed by atoms with Crippen molar-refractivity contribution < 1.29 is 23.1 Å². The van der Waals surface area contributed by atoms with Crippen LogP contribution in [0.3, 0.4) is 0 Å². The monoisotopic (exact) mass is 198 g/mol. The third-order valence-corrected chi connectivity index (χ3v) is 1.78. The van der Waals surface area contributed by atoms with Crippen LogP contribution in [0.4, 0.5) is 13.2 Å². The largest absolute Gasteiger partial charge is 0.481 e. The number of carboxylic acid groups (broad SMARTS) is 1.